The number of hydrogen-bond acceptors (Lipinski definition) is 6. The molecule has 0 aliphatic carbocycles. The lowest BCUT2D eigenvalue weighted by Crippen LogP contribution is -2.45. The van der Waals surface area contributed by atoms with E-state index in [0.717, 1.165) is 5.56 Å². The van der Waals surface area contributed by atoms with Crippen LogP contribution in [-0.2, 0) is 25.6 Å². The van der Waals surface area contributed by atoms with Crippen molar-refractivity contribution in [3.8, 4) is 0 Å². The summed E-state index contributed by atoms with van der Waals surface area (Å²) in [5.41, 5.74) is -0.212. The molecule has 1 N–H and O–H groups in total. The summed E-state index contributed by atoms with van der Waals surface area (Å²) in [6.45, 7) is 1.30. The number of nitrogens with zero attached hydrogens (tertiary/aromatic N) is 1. The Bertz CT molecular complexity index is 1600. The van der Waals surface area contributed by atoms with Crippen molar-refractivity contribution in [1.82, 2.24) is 10.2 Å². The van der Waals surface area contributed by atoms with Crippen LogP contribution < -0.4 is 5.32 Å². The molecular weight excluding hydrogens is 571 g/mol. The van der Waals surface area contributed by atoms with Gasteiger partial charge in [0.1, 0.15) is 12.7 Å². The Labute approximate surface area is 244 Å². The Hall–Kier alpha value is -4.35. The summed E-state index contributed by atoms with van der Waals surface area (Å²) in [6, 6.07) is 18.0. The Morgan fingerprint density at radius 3 is 2.09 bits per heavy atom. The monoisotopic (exact) mass is 598 g/mol. The number of methoxy groups -OCH3 is 1. The SMILES string of the molecule is CO[C@@H](COC(=O)C1=C(C)NC2=C(C(=O)CN(Cc3ccccc3)C2)C1c1c(F)c(F)c(F)c(F)c1F)c1ccccc1. The molecule has 6 nitrogen and oxygen atoms in total. The van der Waals surface area contributed by atoms with Gasteiger partial charge in [0.2, 0.25) is 5.82 Å². The van der Waals surface area contributed by atoms with Crippen LogP contribution in [0.15, 0.2) is 83.2 Å². The van der Waals surface area contributed by atoms with Gasteiger partial charge < -0.3 is 14.8 Å². The molecular formula is C32H27F5N2O4. The smallest absolute Gasteiger partial charge is 0.336 e. The molecule has 0 saturated carbocycles. The van der Waals surface area contributed by atoms with E-state index < -0.39 is 64.0 Å². The summed E-state index contributed by atoms with van der Waals surface area (Å²) in [6.07, 6.45) is -0.715. The third-order valence-electron chi connectivity index (χ3n) is 7.52. The van der Waals surface area contributed by atoms with E-state index in [1.54, 1.807) is 35.2 Å². The minimum atomic E-state index is -2.35. The second-order valence-electron chi connectivity index (χ2n) is 10.3. The van der Waals surface area contributed by atoms with E-state index in [1.165, 1.54) is 14.0 Å². The fraction of sp³-hybridized carbons (Fsp3) is 0.250. The Morgan fingerprint density at radius 2 is 1.49 bits per heavy atom. The van der Waals surface area contributed by atoms with Crippen LogP contribution in [0, 0.1) is 29.1 Å². The van der Waals surface area contributed by atoms with Gasteiger partial charge in [0.25, 0.3) is 0 Å². The van der Waals surface area contributed by atoms with E-state index in [9.17, 15) is 22.8 Å². The number of Topliss-reactive ketones (excluding diaryl/α,β-unsaturated/α-hetero) is 1. The van der Waals surface area contributed by atoms with Crippen molar-refractivity contribution in [3.05, 3.63) is 129 Å². The van der Waals surface area contributed by atoms with E-state index in [1.807, 2.05) is 30.3 Å². The van der Waals surface area contributed by atoms with E-state index in [-0.39, 0.29) is 36.7 Å². The molecule has 0 spiro atoms. The molecule has 43 heavy (non-hydrogen) atoms. The molecule has 3 aromatic rings. The maximum absolute atomic E-state index is 15.3. The summed E-state index contributed by atoms with van der Waals surface area (Å²) in [5, 5.41) is 2.97. The fourth-order valence-electron chi connectivity index (χ4n) is 5.50. The van der Waals surface area contributed by atoms with Crippen molar-refractivity contribution in [2.24, 2.45) is 0 Å². The molecule has 224 valence electrons. The largest absolute Gasteiger partial charge is 0.459 e. The third-order valence-corrected chi connectivity index (χ3v) is 7.52. The predicted molar refractivity (Wildman–Crippen MR) is 146 cm³/mol. The lowest BCUT2D eigenvalue weighted by molar-refractivity contribution is -0.143. The average Bonchev–Trinajstić information content (AvgIpc) is 3.00. The van der Waals surface area contributed by atoms with Crippen LogP contribution in [-0.4, -0.2) is 43.5 Å². The normalized spacial score (nSPS) is 17.9. The standard InChI is InChI=1S/C32H27F5N2O4/c1-17-23(32(41)43-16-22(42-2)19-11-7-4-8-12-19)25(26-27(33)29(35)31(37)30(36)28(26)34)24-20(38-17)14-39(15-21(24)40)13-18-9-5-3-6-10-18/h3-12,22,25,38H,13-16H2,1-2H3/t22-,25?/m0/s1. The highest BCUT2D eigenvalue weighted by Gasteiger charge is 2.45. The maximum atomic E-state index is 15.3. The molecule has 0 aromatic heterocycles. The van der Waals surface area contributed by atoms with Crippen LogP contribution >= 0.6 is 0 Å². The molecule has 0 bridgehead atoms. The summed E-state index contributed by atoms with van der Waals surface area (Å²) < 4.78 is 84.5. The number of nitrogens with one attached hydrogen (secondary N) is 1. The zero-order valence-electron chi connectivity index (χ0n) is 23.2. The summed E-state index contributed by atoms with van der Waals surface area (Å²) in [7, 11) is 1.40. The fourth-order valence-corrected chi connectivity index (χ4v) is 5.50. The van der Waals surface area contributed by atoms with Crippen LogP contribution in [0.25, 0.3) is 0 Å². The first-order chi connectivity index (χ1) is 20.6. The molecule has 3 aromatic carbocycles. The van der Waals surface area contributed by atoms with Gasteiger partial charge in [-0.05, 0) is 18.1 Å². The zero-order valence-corrected chi connectivity index (χ0v) is 23.2. The number of carbonyl (C=O) groups excluding carboxylic acids is 2. The molecule has 0 fully saturated rings. The second-order valence-corrected chi connectivity index (χ2v) is 10.3. The van der Waals surface area contributed by atoms with Crippen LogP contribution in [0.1, 0.15) is 35.6 Å². The molecule has 0 amide bonds. The predicted octanol–water partition coefficient (Wildman–Crippen LogP) is 5.61. The van der Waals surface area contributed by atoms with Crippen LogP contribution in [0.5, 0.6) is 0 Å². The second kappa shape index (κ2) is 12.5. The van der Waals surface area contributed by atoms with Crippen molar-refractivity contribution >= 4 is 11.8 Å². The first kappa shape index (κ1) is 30.1. The summed E-state index contributed by atoms with van der Waals surface area (Å²) in [5.74, 6) is -14.6. The maximum Gasteiger partial charge on any atom is 0.336 e. The number of ether oxygens (including phenoxy) is 2. The highest BCUT2D eigenvalue weighted by molar-refractivity contribution is 6.04. The Morgan fingerprint density at radius 1 is 0.907 bits per heavy atom. The van der Waals surface area contributed by atoms with Crippen molar-refractivity contribution in [2.45, 2.75) is 25.5 Å². The minimum Gasteiger partial charge on any atom is -0.459 e. The van der Waals surface area contributed by atoms with Crippen molar-refractivity contribution in [3.63, 3.8) is 0 Å². The molecule has 1 unspecified atom stereocenters. The number of hydrogen-bond donors (Lipinski definition) is 1. The number of dihydropyridines is 1. The molecule has 0 radical (unpaired) electrons. The van der Waals surface area contributed by atoms with Gasteiger partial charge in [-0.2, -0.15) is 0 Å². The van der Waals surface area contributed by atoms with Gasteiger partial charge in [0, 0.05) is 42.7 Å². The van der Waals surface area contributed by atoms with Crippen molar-refractivity contribution < 1.29 is 41.0 Å². The lowest BCUT2D eigenvalue weighted by atomic mass is 9.76. The van der Waals surface area contributed by atoms with Gasteiger partial charge in [-0.1, -0.05) is 60.7 Å². The van der Waals surface area contributed by atoms with Gasteiger partial charge in [-0.3, -0.25) is 9.69 Å². The topological polar surface area (TPSA) is 67.9 Å². The molecule has 11 heteroatoms. The van der Waals surface area contributed by atoms with Crippen LogP contribution in [0.3, 0.4) is 0 Å². The number of ketones is 1. The number of esters is 1. The summed E-state index contributed by atoms with van der Waals surface area (Å²) >= 11 is 0. The van der Waals surface area contributed by atoms with Crippen LogP contribution in [0.4, 0.5) is 22.0 Å². The van der Waals surface area contributed by atoms with Crippen molar-refractivity contribution in [2.75, 3.05) is 26.8 Å². The van der Waals surface area contributed by atoms with E-state index in [2.05, 4.69) is 5.32 Å². The first-order valence-corrected chi connectivity index (χ1v) is 13.4. The van der Waals surface area contributed by atoms with E-state index >= 15 is 8.78 Å². The third kappa shape index (κ3) is 5.82. The van der Waals surface area contributed by atoms with Gasteiger partial charge in [0.15, 0.2) is 29.1 Å². The van der Waals surface area contributed by atoms with Crippen LogP contribution in [0.2, 0.25) is 0 Å². The molecule has 2 aliphatic rings. The molecule has 0 saturated heterocycles. The highest BCUT2D eigenvalue weighted by atomic mass is 19.2. The highest BCUT2D eigenvalue weighted by Crippen LogP contribution is 2.44. The van der Waals surface area contributed by atoms with Gasteiger partial charge in [-0.25, -0.2) is 26.7 Å². The number of halogens is 5. The number of rotatable bonds is 8. The molecule has 2 atom stereocenters. The molecule has 5 rings (SSSR count). The van der Waals surface area contributed by atoms with Crippen molar-refractivity contribution in [1.29, 1.82) is 0 Å². The van der Waals surface area contributed by atoms with Gasteiger partial charge >= 0.3 is 5.97 Å². The van der Waals surface area contributed by atoms with E-state index in [0.29, 0.717) is 12.1 Å². The molecule has 2 aliphatic heterocycles. The number of carbonyl (C=O) groups is 2. The van der Waals surface area contributed by atoms with Gasteiger partial charge in [-0.15, -0.1) is 0 Å². The Balaban J connectivity index is 1.55. The quantitative estimate of drug-likeness (QED) is 0.157. The average molecular weight is 599 g/mol. The Kier molecular flexibility index (Phi) is 8.74. The number of benzene rings is 3. The lowest BCUT2D eigenvalue weighted by Gasteiger charge is -2.38. The summed E-state index contributed by atoms with van der Waals surface area (Å²) in [4.78, 5) is 28.9. The van der Waals surface area contributed by atoms with E-state index in [4.69, 9.17) is 9.47 Å². The molecule has 2 heterocycles. The minimum absolute atomic E-state index is 0.0423. The van der Waals surface area contributed by atoms with Gasteiger partial charge in [0.05, 0.1) is 18.0 Å². The first-order valence-electron chi connectivity index (χ1n) is 13.4. The number of allylic oxidation sites excluding steroid dienone is 1. The zero-order chi connectivity index (χ0) is 30.8.